The highest BCUT2D eigenvalue weighted by molar-refractivity contribution is 5.51. The van der Waals surface area contributed by atoms with Crippen molar-refractivity contribution < 1.29 is 0 Å². The average molecular weight is 190 g/mol. The lowest BCUT2D eigenvalue weighted by Gasteiger charge is -2.02. The monoisotopic (exact) mass is 190 g/mol. The number of nitrogens with one attached hydrogen (secondary N) is 1. The molecule has 2 heteroatoms. The lowest BCUT2D eigenvalue weighted by atomic mass is 10.2. The van der Waals surface area contributed by atoms with Crippen molar-refractivity contribution in [1.82, 2.24) is 10.3 Å². The number of hydrogen-bond donors (Lipinski definition) is 1. The van der Waals surface area contributed by atoms with Crippen molar-refractivity contribution in [2.75, 3.05) is 13.1 Å². The van der Waals surface area contributed by atoms with Crippen LogP contribution in [0.5, 0.6) is 0 Å². The van der Waals surface area contributed by atoms with Crippen LogP contribution in [0, 0.1) is 0 Å². The first kappa shape index (κ1) is 10.9. The van der Waals surface area contributed by atoms with E-state index in [4.69, 9.17) is 0 Å². The van der Waals surface area contributed by atoms with Gasteiger partial charge < -0.3 is 5.32 Å². The van der Waals surface area contributed by atoms with Crippen LogP contribution in [0.3, 0.4) is 0 Å². The fourth-order valence-electron chi connectivity index (χ4n) is 1.26. The van der Waals surface area contributed by atoms with Crippen LogP contribution in [-0.4, -0.2) is 18.1 Å². The summed E-state index contributed by atoms with van der Waals surface area (Å²) < 4.78 is 0. The van der Waals surface area contributed by atoms with E-state index in [2.05, 4.69) is 36.3 Å². The smallest absolute Gasteiger partial charge is 0.0340 e. The molecule has 0 aromatic carbocycles. The minimum absolute atomic E-state index is 0.961. The molecule has 1 aromatic rings. The summed E-state index contributed by atoms with van der Waals surface area (Å²) in [6.45, 7) is 6.35. The first-order chi connectivity index (χ1) is 6.83. The molecule has 0 atom stereocenters. The zero-order chi connectivity index (χ0) is 10.2. The summed E-state index contributed by atoms with van der Waals surface area (Å²) in [5.41, 5.74) is 2.51. The molecule has 1 aromatic heterocycles. The van der Waals surface area contributed by atoms with Gasteiger partial charge in [-0.05, 0) is 31.5 Å². The molecule has 0 aliphatic rings. The molecule has 0 amide bonds. The molecule has 2 nitrogen and oxygen atoms in total. The predicted molar refractivity (Wildman–Crippen MR) is 61.0 cm³/mol. The zero-order valence-corrected chi connectivity index (χ0v) is 8.96. The second-order valence-corrected chi connectivity index (χ2v) is 3.45. The Hall–Kier alpha value is -1.15. The summed E-state index contributed by atoms with van der Waals surface area (Å²) in [5, 5.41) is 3.37. The Bertz CT molecular complexity index is 278. The van der Waals surface area contributed by atoms with E-state index >= 15 is 0 Å². The van der Waals surface area contributed by atoms with Gasteiger partial charge in [0.25, 0.3) is 0 Å². The molecule has 1 rings (SSSR count). The molecule has 1 N–H and O–H groups in total. The third kappa shape index (κ3) is 4.19. The molecule has 76 valence electrons. The van der Waals surface area contributed by atoms with Gasteiger partial charge in [0.05, 0.1) is 0 Å². The first-order valence-electron chi connectivity index (χ1n) is 5.11. The lowest BCUT2D eigenvalue weighted by Crippen LogP contribution is -2.16. The number of hydrogen-bond acceptors (Lipinski definition) is 2. The van der Waals surface area contributed by atoms with Crippen molar-refractivity contribution >= 4 is 6.08 Å². The van der Waals surface area contributed by atoms with Gasteiger partial charge in [-0.3, -0.25) is 4.98 Å². The van der Waals surface area contributed by atoms with E-state index < -0.39 is 0 Å². The van der Waals surface area contributed by atoms with E-state index in [-0.39, 0.29) is 0 Å². The molecule has 14 heavy (non-hydrogen) atoms. The highest BCUT2D eigenvalue weighted by Gasteiger charge is 1.90. The third-order valence-electron chi connectivity index (χ3n) is 1.93. The largest absolute Gasteiger partial charge is 0.313 e. The summed E-state index contributed by atoms with van der Waals surface area (Å²) in [7, 11) is 0. The Labute approximate surface area is 86.1 Å². The minimum atomic E-state index is 0.961. The maximum absolute atomic E-state index is 4.07. The molecule has 0 fully saturated rings. The first-order valence-corrected chi connectivity index (χ1v) is 5.11. The Morgan fingerprint density at radius 3 is 3.07 bits per heavy atom. The lowest BCUT2D eigenvalue weighted by molar-refractivity contribution is 0.715. The topological polar surface area (TPSA) is 24.9 Å². The van der Waals surface area contributed by atoms with Crippen LogP contribution in [0.1, 0.15) is 25.8 Å². The normalized spacial score (nSPS) is 11.7. The van der Waals surface area contributed by atoms with Gasteiger partial charge in [0.15, 0.2) is 0 Å². The third-order valence-corrected chi connectivity index (χ3v) is 1.93. The van der Waals surface area contributed by atoms with E-state index in [1.807, 2.05) is 12.3 Å². The zero-order valence-electron chi connectivity index (χ0n) is 8.96. The molecular formula is C12H18N2. The highest BCUT2D eigenvalue weighted by atomic mass is 14.8. The van der Waals surface area contributed by atoms with Gasteiger partial charge in [-0.1, -0.05) is 24.6 Å². The molecule has 0 aliphatic heterocycles. The van der Waals surface area contributed by atoms with Crippen molar-refractivity contribution in [3.8, 4) is 0 Å². The van der Waals surface area contributed by atoms with Gasteiger partial charge in [-0.15, -0.1) is 0 Å². The van der Waals surface area contributed by atoms with Crippen LogP contribution in [0.25, 0.3) is 6.08 Å². The number of aromatic nitrogens is 1. The Morgan fingerprint density at radius 2 is 2.43 bits per heavy atom. The summed E-state index contributed by atoms with van der Waals surface area (Å²) >= 11 is 0. The van der Waals surface area contributed by atoms with Crippen LogP contribution >= 0.6 is 0 Å². The molecule has 0 saturated heterocycles. The Morgan fingerprint density at radius 1 is 1.57 bits per heavy atom. The maximum atomic E-state index is 4.07. The van der Waals surface area contributed by atoms with Crippen LogP contribution in [0.15, 0.2) is 30.1 Å². The highest BCUT2D eigenvalue weighted by Crippen LogP contribution is 2.03. The van der Waals surface area contributed by atoms with Crippen molar-refractivity contribution in [1.29, 1.82) is 0 Å². The molecule has 1 heterocycles. The van der Waals surface area contributed by atoms with E-state index in [0.29, 0.717) is 0 Å². The fourth-order valence-corrected chi connectivity index (χ4v) is 1.26. The number of nitrogens with zero attached hydrogens (tertiary/aromatic N) is 1. The van der Waals surface area contributed by atoms with Crippen LogP contribution in [0.4, 0.5) is 0 Å². The van der Waals surface area contributed by atoms with Gasteiger partial charge in [0.1, 0.15) is 0 Å². The van der Waals surface area contributed by atoms with E-state index in [1.165, 1.54) is 17.6 Å². The van der Waals surface area contributed by atoms with Crippen molar-refractivity contribution in [2.24, 2.45) is 0 Å². The quantitative estimate of drug-likeness (QED) is 0.721. The minimum Gasteiger partial charge on any atom is -0.313 e. The van der Waals surface area contributed by atoms with E-state index in [9.17, 15) is 0 Å². The molecule has 0 aliphatic carbocycles. The second-order valence-electron chi connectivity index (χ2n) is 3.45. The Kier molecular flexibility index (Phi) is 4.94. The molecule has 0 radical (unpaired) electrons. The van der Waals surface area contributed by atoms with Gasteiger partial charge in [-0.2, -0.15) is 0 Å². The summed E-state index contributed by atoms with van der Waals surface area (Å²) in [4.78, 5) is 4.07. The van der Waals surface area contributed by atoms with Gasteiger partial charge >= 0.3 is 0 Å². The van der Waals surface area contributed by atoms with E-state index in [1.54, 1.807) is 6.20 Å². The van der Waals surface area contributed by atoms with Crippen LogP contribution < -0.4 is 5.32 Å². The van der Waals surface area contributed by atoms with Crippen LogP contribution in [0.2, 0.25) is 0 Å². The fraction of sp³-hybridized carbons (Fsp3) is 0.417. The maximum Gasteiger partial charge on any atom is 0.0340 e. The molecule has 0 unspecified atom stereocenters. The van der Waals surface area contributed by atoms with Crippen molar-refractivity contribution in [2.45, 2.75) is 20.3 Å². The van der Waals surface area contributed by atoms with Gasteiger partial charge in [-0.25, -0.2) is 0 Å². The SMILES string of the molecule is CCCNCC(C)=Cc1cccnc1. The van der Waals surface area contributed by atoms with Crippen molar-refractivity contribution in [3.05, 3.63) is 35.7 Å². The van der Waals surface area contributed by atoms with E-state index in [0.717, 1.165) is 13.1 Å². The summed E-state index contributed by atoms with van der Waals surface area (Å²) in [6.07, 6.45) is 7.02. The second kappa shape index (κ2) is 6.33. The predicted octanol–water partition coefficient (Wildman–Crippen LogP) is 2.48. The standard InChI is InChI=1S/C12H18N2/c1-3-6-13-9-11(2)8-12-5-4-7-14-10-12/h4-5,7-8,10,13H,3,6,9H2,1-2H3. The number of rotatable bonds is 5. The summed E-state index contributed by atoms with van der Waals surface area (Å²) in [5.74, 6) is 0. The van der Waals surface area contributed by atoms with Gasteiger partial charge in [0.2, 0.25) is 0 Å². The molecule has 0 saturated carbocycles. The van der Waals surface area contributed by atoms with Crippen molar-refractivity contribution in [3.63, 3.8) is 0 Å². The molecule has 0 spiro atoms. The molecular weight excluding hydrogens is 172 g/mol. The molecule has 0 bridgehead atoms. The summed E-state index contributed by atoms with van der Waals surface area (Å²) in [6, 6.07) is 4.02. The van der Waals surface area contributed by atoms with Gasteiger partial charge in [0, 0.05) is 18.9 Å². The number of pyridine rings is 1. The Balaban J connectivity index is 2.43. The van der Waals surface area contributed by atoms with Crippen LogP contribution in [-0.2, 0) is 0 Å². The average Bonchev–Trinajstić information content (AvgIpc) is 2.20.